The van der Waals surface area contributed by atoms with Gasteiger partial charge in [0.05, 0.1) is 5.41 Å². The number of carbonyl (C=O) groups excluding carboxylic acids is 2. The predicted octanol–water partition coefficient (Wildman–Crippen LogP) is 3.41. The molecule has 3 aliphatic rings. The number of likely N-dealkylation sites (tertiary alicyclic amines) is 1. The highest BCUT2D eigenvalue weighted by atomic mass is 35.5. The van der Waals surface area contributed by atoms with Crippen LogP contribution in [0.25, 0.3) is 0 Å². The van der Waals surface area contributed by atoms with Crippen molar-refractivity contribution in [1.82, 2.24) is 10.2 Å². The number of ether oxygens (including phenoxy) is 2. The number of hydrogen-bond donors (Lipinski definition) is 1. The molecule has 0 bridgehead atoms. The van der Waals surface area contributed by atoms with Crippen molar-refractivity contribution in [2.45, 2.75) is 43.7 Å². The van der Waals surface area contributed by atoms with Gasteiger partial charge in [-0.25, -0.2) is 0 Å². The molecule has 1 N–H and O–H groups in total. The van der Waals surface area contributed by atoms with Crippen LogP contribution >= 0.6 is 11.6 Å². The number of hydrogen-bond acceptors (Lipinski definition) is 4. The van der Waals surface area contributed by atoms with Gasteiger partial charge in [0.15, 0.2) is 11.5 Å². The molecule has 1 aliphatic carbocycles. The average Bonchev–Trinajstić information content (AvgIpc) is 3.42. The Labute approximate surface area is 180 Å². The van der Waals surface area contributed by atoms with Crippen LogP contribution in [0.3, 0.4) is 0 Å². The zero-order valence-electron chi connectivity index (χ0n) is 16.7. The first kappa shape index (κ1) is 19.2. The van der Waals surface area contributed by atoms with E-state index in [2.05, 4.69) is 5.32 Å². The van der Waals surface area contributed by atoms with Gasteiger partial charge in [-0.3, -0.25) is 9.59 Å². The summed E-state index contributed by atoms with van der Waals surface area (Å²) in [5.74, 6) is 1.31. The fraction of sp³-hybridized carbons (Fsp3) is 0.391. The molecule has 30 heavy (non-hydrogen) atoms. The monoisotopic (exact) mass is 426 g/mol. The van der Waals surface area contributed by atoms with Gasteiger partial charge in [-0.05, 0) is 61.6 Å². The topological polar surface area (TPSA) is 67.9 Å². The maximum absolute atomic E-state index is 13.4. The highest BCUT2D eigenvalue weighted by Crippen LogP contribution is 2.52. The zero-order valence-corrected chi connectivity index (χ0v) is 17.5. The first-order chi connectivity index (χ1) is 14.4. The summed E-state index contributed by atoms with van der Waals surface area (Å²) in [7, 11) is 0. The van der Waals surface area contributed by atoms with Crippen molar-refractivity contribution in [3.8, 4) is 11.5 Å². The van der Waals surface area contributed by atoms with Gasteiger partial charge in [0.2, 0.25) is 18.6 Å². The van der Waals surface area contributed by atoms with E-state index in [0.29, 0.717) is 36.0 Å². The molecule has 156 valence electrons. The minimum Gasteiger partial charge on any atom is -0.454 e. The lowest BCUT2D eigenvalue weighted by Crippen LogP contribution is -2.68. The van der Waals surface area contributed by atoms with Gasteiger partial charge in [0, 0.05) is 18.1 Å². The Kier molecular flexibility index (Phi) is 4.43. The van der Waals surface area contributed by atoms with Gasteiger partial charge < -0.3 is 19.7 Å². The Morgan fingerprint density at radius 1 is 1.07 bits per heavy atom. The van der Waals surface area contributed by atoms with Crippen LogP contribution in [0.1, 0.15) is 37.3 Å². The number of nitrogens with one attached hydrogen (secondary N) is 1. The second-order valence-electron chi connectivity index (χ2n) is 8.44. The summed E-state index contributed by atoms with van der Waals surface area (Å²) in [5, 5.41) is 3.64. The Morgan fingerprint density at radius 3 is 2.47 bits per heavy atom. The van der Waals surface area contributed by atoms with E-state index in [1.165, 1.54) is 0 Å². The third kappa shape index (κ3) is 3.01. The third-order valence-electron chi connectivity index (χ3n) is 6.60. The van der Waals surface area contributed by atoms with Crippen LogP contribution in [0.5, 0.6) is 11.5 Å². The third-order valence-corrected chi connectivity index (χ3v) is 6.85. The number of halogens is 1. The summed E-state index contributed by atoms with van der Waals surface area (Å²) in [6.07, 6.45) is 2.26. The first-order valence-electron chi connectivity index (χ1n) is 10.2. The van der Waals surface area contributed by atoms with Crippen molar-refractivity contribution >= 4 is 23.4 Å². The van der Waals surface area contributed by atoms with E-state index < -0.39 is 11.0 Å². The highest BCUT2D eigenvalue weighted by molar-refractivity contribution is 6.30. The maximum Gasteiger partial charge on any atom is 0.246 e. The van der Waals surface area contributed by atoms with Crippen molar-refractivity contribution in [3.63, 3.8) is 0 Å². The lowest BCUT2D eigenvalue weighted by Gasteiger charge is -2.50. The van der Waals surface area contributed by atoms with Gasteiger partial charge in [-0.1, -0.05) is 29.8 Å². The highest BCUT2D eigenvalue weighted by Gasteiger charge is 2.59. The summed E-state index contributed by atoms with van der Waals surface area (Å²) in [6.45, 7) is 3.04. The fourth-order valence-corrected chi connectivity index (χ4v) is 4.45. The zero-order chi connectivity index (χ0) is 20.9. The van der Waals surface area contributed by atoms with Gasteiger partial charge in [-0.2, -0.15) is 0 Å². The van der Waals surface area contributed by atoms with E-state index in [4.69, 9.17) is 21.1 Å². The number of carbonyl (C=O) groups is 2. The van der Waals surface area contributed by atoms with Gasteiger partial charge in [0.25, 0.3) is 0 Å². The molecule has 2 aromatic rings. The van der Waals surface area contributed by atoms with E-state index >= 15 is 0 Å². The van der Waals surface area contributed by atoms with Gasteiger partial charge in [0.1, 0.15) is 5.54 Å². The lowest BCUT2D eigenvalue weighted by molar-refractivity contribution is -0.159. The molecular weight excluding hydrogens is 404 g/mol. The molecule has 6 nitrogen and oxygen atoms in total. The molecular formula is C23H23ClN2O4. The normalized spacial score (nSPS) is 22.9. The molecule has 1 unspecified atom stereocenters. The number of nitrogens with zero attached hydrogens (tertiary/aromatic N) is 1. The van der Waals surface area contributed by atoms with E-state index in [9.17, 15) is 9.59 Å². The molecule has 2 aliphatic heterocycles. The minimum atomic E-state index is -0.824. The molecule has 1 saturated carbocycles. The van der Waals surface area contributed by atoms with E-state index in [1.807, 2.05) is 49.4 Å². The standard InChI is InChI=1S/C23H23ClN2O4/c1-22(20(27)25-13-15-2-7-18-19(12-15)30-14-29-18)10-11-26(22)21(28)23(8-9-23)16-3-5-17(24)6-4-16/h2-7,12H,8-11,13-14H2,1H3,(H,25,27). The van der Waals surface area contributed by atoms with Crippen molar-refractivity contribution in [2.75, 3.05) is 13.3 Å². The Hall–Kier alpha value is -2.73. The molecule has 0 radical (unpaired) electrons. The van der Waals surface area contributed by atoms with Crippen LogP contribution in [0.4, 0.5) is 0 Å². The summed E-state index contributed by atoms with van der Waals surface area (Å²) in [4.78, 5) is 28.2. The van der Waals surface area contributed by atoms with E-state index in [0.717, 1.165) is 24.0 Å². The van der Waals surface area contributed by atoms with Gasteiger partial charge >= 0.3 is 0 Å². The summed E-state index contributed by atoms with van der Waals surface area (Å²) in [6, 6.07) is 13.1. The van der Waals surface area contributed by atoms with Crippen LogP contribution in [0.2, 0.25) is 5.02 Å². The molecule has 2 heterocycles. The van der Waals surface area contributed by atoms with Crippen LogP contribution in [-0.2, 0) is 21.5 Å². The van der Waals surface area contributed by atoms with Crippen LogP contribution in [0.15, 0.2) is 42.5 Å². The Bertz CT molecular complexity index is 1020. The molecule has 0 aromatic heterocycles. The smallest absolute Gasteiger partial charge is 0.246 e. The molecule has 1 saturated heterocycles. The molecule has 1 atom stereocenters. The quantitative estimate of drug-likeness (QED) is 0.795. The molecule has 2 amide bonds. The maximum atomic E-state index is 13.4. The van der Waals surface area contributed by atoms with Crippen LogP contribution in [-0.4, -0.2) is 35.6 Å². The number of amides is 2. The molecule has 0 spiro atoms. The fourth-order valence-electron chi connectivity index (χ4n) is 4.32. The first-order valence-corrected chi connectivity index (χ1v) is 10.6. The SMILES string of the molecule is CC1(C(=O)NCc2ccc3c(c2)OCO3)CCN1C(=O)C1(c2ccc(Cl)cc2)CC1. The number of rotatable bonds is 5. The second-order valence-corrected chi connectivity index (χ2v) is 8.88. The Morgan fingerprint density at radius 2 is 1.80 bits per heavy atom. The van der Waals surface area contributed by atoms with Crippen molar-refractivity contribution < 1.29 is 19.1 Å². The summed E-state index contributed by atoms with van der Waals surface area (Å²) >= 11 is 6.00. The summed E-state index contributed by atoms with van der Waals surface area (Å²) in [5.41, 5.74) is 0.569. The van der Waals surface area contributed by atoms with Crippen LogP contribution in [0, 0.1) is 0 Å². The minimum absolute atomic E-state index is 0.0387. The second kappa shape index (κ2) is 6.91. The van der Waals surface area contributed by atoms with Gasteiger partial charge in [-0.15, -0.1) is 0 Å². The molecule has 5 rings (SSSR count). The average molecular weight is 427 g/mol. The molecule has 7 heteroatoms. The van der Waals surface area contributed by atoms with Crippen molar-refractivity contribution in [3.05, 3.63) is 58.6 Å². The lowest BCUT2D eigenvalue weighted by atomic mass is 9.82. The Balaban J connectivity index is 1.27. The van der Waals surface area contributed by atoms with Crippen LogP contribution < -0.4 is 14.8 Å². The summed E-state index contributed by atoms with van der Waals surface area (Å²) < 4.78 is 10.7. The van der Waals surface area contributed by atoms with Crippen molar-refractivity contribution in [2.24, 2.45) is 0 Å². The largest absolute Gasteiger partial charge is 0.454 e. The van der Waals surface area contributed by atoms with Crippen molar-refractivity contribution in [1.29, 1.82) is 0 Å². The molecule has 2 fully saturated rings. The number of benzene rings is 2. The van der Waals surface area contributed by atoms with E-state index in [1.54, 1.807) is 4.90 Å². The van der Waals surface area contributed by atoms with E-state index in [-0.39, 0.29) is 18.6 Å². The predicted molar refractivity (Wildman–Crippen MR) is 112 cm³/mol. The number of fused-ring (bicyclic) bond motifs is 1. The molecule has 2 aromatic carbocycles.